The second-order valence-corrected chi connectivity index (χ2v) is 13.2. The van der Waals surface area contributed by atoms with Gasteiger partial charge in [0.25, 0.3) is 0 Å². The molecule has 6 heteroatoms. The van der Waals surface area contributed by atoms with Crippen LogP contribution in [0.25, 0.3) is 50.5 Å². The van der Waals surface area contributed by atoms with Crippen LogP contribution in [0.1, 0.15) is 58.2 Å². The van der Waals surface area contributed by atoms with E-state index in [1.165, 1.54) is 0 Å². The fourth-order valence-electron chi connectivity index (χ4n) is 5.57. The number of benzene rings is 4. The molecule has 45 heavy (non-hydrogen) atoms. The molecule has 0 saturated carbocycles. The molecule has 6 aromatic rings. The van der Waals surface area contributed by atoms with Gasteiger partial charge < -0.3 is 5.11 Å². The quantitative estimate of drug-likeness (QED) is 0.182. The van der Waals surface area contributed by atoms with Gasteiger partial charge in [-0.25, -0.2) is 4.98 Å². The Kier molecular flexibility index (Phi) is 8.58. The number of para-hydroxylation sites is 3. The number of phenols is 1. The molecule has 2 heterocycles. The smallest absolute Gasteiger partial charge is 0.148 e. The third kappa shape index (κ3) is 6.08. The zero-order valence-electron chi connectivity index (χ0n) is 26.3. The molecule has 0 radical (unpaired) electrons. The second-order valence-electron chi connectivity index (χ2n) is 13.2. The number of hydrogen-bond donors (Lipinski definition) is 1. The molecule has 0 aliphatic rings. The number of aromatic nitrogens is 3. The molecule has 0 amide bonds. The molecule has 0 unspecified atom stereocenters. The molecule has 5 nitrogen and oxygen atoms in total. The van der Waals surface area contributed by atoms with Gasteiger partial charge in [0.1, 0.15) is 17.6 Å². The Morgan fingerprint density at radius 1 is 0.778 bits per heavy atom. The minimum Gasteiger partial charge on any atom is -0.507 e. The van der Waals surface area contributed by atoms with Crippen LogP contribution < -0.4 is 0 Å². The molecule has 0 aliphatic carbocycles. The third-order valence-electron chi connectivity index (χ3n) is 7.98. The number of phenolic OH excluding ortho intramolecular Hbond substituents is 1. The summed E-state index contributed by atoms with van der Waals surface area (Å²) in [6, 6.07) is 36.0. The molecule has 0 spiro atoms. The van der Waals surface area contributed by atoms with Crippen molar-refractivity contribution in [3.8, 4) is 51.3 Å². The molecule has 1 N–H and O–H groups in total. The summed E-state index contributed by atoms with van der Waals surface area (Å²) in [5, 5.41) is 20.9. The second kappa shape index (κ2) is 12.1. The average molecular weight is 771 g/mol. The van der Waals surface area contributed by atoms with E-state index in [4.69, 9.17) is 4.98 Å². The van der Waals surface area contributed by atoms with Gasteiger partial charge in [-0.15, -0.1) is 29.3 Å². The van der Waals surface area contributed by atoms with E-state index in [9.17, 15) is 10.4 Å². The maximum absolute atomic E-state index is 11.6. The van der Waals surface area contributed by atoms with E-state index in [-0.39, 0.29) is 37.6 Å². The number of fused-ring (bicyclic) bond motifs is 1. The Morgan fingerprint density at radius 2 is 1.47 bits per heavy atom. The number of imidazole rings is 1. The van der Waals surface area contributed by atoms with Crippen LogP contribution >= 0.6 is 0 Å². The molecule has 228 valence electrons. The molecule has 0 saturated heterocycles. The van der Waals surface area contributed by atoms with Crippen LogP contribution in [0.3, 0.4) is 0 Å². The number of nitriles is 1. The SMILES string of the molecule is CC(C)(C)c1cc(-c2ccc(C#N)cn2)[c-]c(-c2cccc3c2nc(-c2cccc(C(C)(C)C)c2O)n3-c2ccccc2)c1.[Pt]. The fraction of sp³-hybridized carbons (Fsp3) is 0.205. The third-order valence-corrected chi connectivity index (χ3v) is 7.98. The van der Waals surface area contributed by atoms with Crippen molar-refractivity contribution < 1.29 is 26.2 Å². The summed E-state index contributed by atoms with van der Waals surface area (Å²) >= 11 is 0. The van der Waals surface area contributed by atoms with Gasteiger partial charge in [0, 0.05) is 38.6 Å². The number of nitrogens with zero attached hydrogens (tertiary/aromatic N) is 4. The van der Waals surface area contributed by atoms with Crippen molar-refractivity contribution in [3.63, 3.8) is 0 Å². The van der Waals surface area contributed by atoms with Crippen LogP contribution in [0.15, 0.2) is 97.2 Å². The Balaban J connectivity index is 0.00000400. The van der Waals surface area contributed by atoms with Crippen LogP contribution in [0, 0.1) is 17.4 Å². The van der Waals surface area contributed by atoms with Gasteiger partial charge >= 0.3 is 0 Å². The van der Waals surface area contributed by atoms with Crippen molar-refractivity contribution in [3.05, 3.63) is 120 Å². The number of pyridine rings is 1. The minimum absolute atomic E-state index is 0. The van der Waals surface area contributed by atoms with Gasteiger partial charge in [-0.3, -0.25) is 9.55 Å². The van der Waals surface area contributed by atoms with Crippen LogP contribution in [-0.4, -0.2) is 19.6 Å². The topological polar surface area (TPSA) is 74.7 Å². The van der Waals surface area contributed by atoms with Gasteiger partial charge in [0.15, 0.2) is 0 Å². The van der Waals surface area contributed by atoms with Gasteiger partial charge in [-0.2, -0.15) is 5.26 Å². The number of rotatable bonds is 4. The summed E-state index contributed by atoms with van der Waals surface area (Å²) in [5.74, 6) is 0.910. The summed E-state index contributed by atoms with van der Waals surface area (Å²) in [5.41, 5.74) is 8.97. The van der Waals surface area contributed by atoms with Crippen LogP contribution in [0.4, 0.5) is 0 Å². The molecule has 0 atom stereocenters. The molecule has 0 fully saturated rings. The Hall–Kier alpha value is -4.52. The van der Waals surface area contributed by atoms with E-state index in [1.54, 1.807) is 12.3 Å². The minimum atomic E-state index is -0.243. The monoisotopic (exact) mass is 770 g/mol. The Bertz CT molecular complexity index is 2040. The van der Waals surface area contributed by atoms with E-state index in [2.05, 4.69) is 99.6 Å². The zero-order chi connectivity index (χ0) is 31.2. The molecule has 2 aromatic heterocycles. The largest absolute Gasteiger partial charge is 0.507 e. The van der Waals surface area contributed by atoms with Crippen molar-refractivity contribution in [2.45, 2.75) is 52.4 Å². The predicted molar refractivity (Wildman–Crippen MR) is 178 cm³/mol. The summed E-state index contributed by atoms with van der Waals surface area (Å²) < 4.78 is 2.12. The maximum Gasteiger partial charge on any atom is 0.148 e. The summed E-state index contributed by atoms with van der Waals surface area (Å²) in [6.45, 7) is 12.9. The Morgan fingerprint density at radius 3 is 2.11 bits per heavy atom. The zero-order valence-corrected chi connectivity index (χ0v) is 28.6. The first kappa shape index (κ1) is 31.9. The summed E-state index contributed by atoms with van der Waals surface area (Å²) in [4.78, 5) is 9.84. The average Bonchev–Trinajstić information content (AvgIpc) is 3.40. The first-order valence-electron chi connectivity index (χ1n) is 14.8. The van der Waals surface area contributed by atoms with Crippen molar-refractivity contribution in [1.29, 1.82) is 5.26 Å². The predicted octanol–water partition coefficient (Wildman–Crippen LogP) is 9.39. The maximum atomic E-state index is 11.6. The number of aromatic hydroxyl groups is 1. The normalized spacial score (nSPS) is 11.7. The Labute approximate surface area is 279 Å². The first-order chi connectivity index (χ1) is 21.0. The van der Waals surface area contributed by atoms with Crippen molar-refractivity contribution in [1.82, 2.24) is 14.5 Å². The van der Waals surface area contributed by atoms with Gasteiger partial charge in [-0.1, -0.05) is 101 Å². The molecular weight excluding hydrogens is 736 g/mol. The van der Waals surface area contributed by atoms with E-state index in [1.807, 2.05) is 48.5 Å². The van der Waals surface area contributed by atoms with Crippen molar-refractivity contribution in [2.24, 2.45) is 0 Å². The molecule has 6 rings (SSSR count). The number of hydrogen-bond acceptors (Lipinski definition) is 4. The van der Waals surface area contributed by atoms with Gasteiger partial charge in [-0.05, 0) is 46.7 Å². The van der Waals surface area contributed by atoms with Crippen LogP contribution in [0.2, 0.25) is 0 Å². The molecule has 0 bridgehead atoms. The summed E-state index contributed by atoms with van der Waals surface area (Å²) in [6.07, 6.45) is 1.60. The molecule has 4 aromatic carbocycles. The van der Waals surface area contributed by atoms with Crippen LogP contribution in [-0.2, 0) is 31.9 Å². The molecule has 0 aliphatic heterocycles. The van der Waals surface area contributed by atoms with E-state index in [0.717, 1.165) is 50.2 Å². The standard InChI is InChI=1S/C39H35N4O.Pt/c1-38(2,3)28-21-26(20-27(22-28)33-19-18-25(23-40)24-41-33)30-14-11-17-34-35(30)42-37(43(34)29-12-8-7-9-13-29)31-15-10-16-32(36(31)44)39(4,5)6;/h7-19,21-22,24,44H,1-6H3;/q-1;. The summed E-state index contributed by atoms with van der Waals surface area (Å²) in [7, 11) is 0. The van der Waals surface area contributed by atoms with E-state index in [0.29, 0.717) is 17.0 Å². The van der Waals surface area contributed by atoms with E-state index >= 15 is 0 Å². The van der Waals surface area contributed by atoms with Crippen LogP contribution in [0.5, 0.6) is 5.75 Å². The van der Waals surface area contributed by atoms with Gasteiger partial charge in [0.2, 0.25) is 0 Å². The first-order valence-corrected chi connectivity index (χ1v) is 14.8. The molecular formula is C39H35N4OPt-. The van der Waals surface area contributed by atoms with Crippen molar-refractivity contribution >= 4 is 11.0 Å². The van der Waals surface area contributed by atoms with E-state index < -0.39 is 0 Å². The van der Waals surface area contributed by atoms with Crippen molar-refractivity contribution in [2.75, 3.05) is 0 Å². The van der Waals surface area contributed by atoms with Gasteiger partial charge in [0.05, 0.1) is 22.2 Å². The fourth-order valence-corrected chi connectivity index (χ4v) is 5.57.